The van der Waals surface area contributed by atoms with Crippen LogP contribution in [0.1, 0.15) is 36.5 Å². The van der Waals surface area contributed by atoms with Gasteiger partial charge in [-0.3, -0.25) is 4.79 Å². The Morgan fingerprint density at radius 2 is 1.56 bits per heavy atom. The predicted octanol–water partition coefficient (Wildman–Crippen LogP) is 4.17. The molecule has 1 fully saturated rings. The number of carbonyl (C=O) groups excluding carboxylic acids is 1. The molecule has 32 heavy (non-hydrogen) atoms. The van der Waals surface area contributed by atoms with E-state index in [2.05, 4.69) is 13.8 Å². The number of hydrogen-bond donors (Lipinski definition) is 0. The number of rotatable bonds is 4. The molecule has 0 N–H and O–H groups in total. The highest BCUT2D eigenvalue weighted by Gasteiger charge is 2.50. The maximum atomic E-state index is 13.0. The average Bonchev–Trinajstić information content (AvgIpc) is 3.40. The van der Waals surface area contributed by atoms with Crippen LogP contribution in [0.5, 0.6) is 28.7 Å². The van der Waals surface area contributed by atoms with Crippen LogP contribution in [0.15, 0.2) is 29.8 Å². The Bertz CT molecular complexity index is 1100. The van der Waals surface area contributed by atoms with E-state index in [1.54, 1.807) is 21.3 Å². The molecule has 0 spiro atoms. The molecule has 168 valence electrons. The fourth-order valence-corrected chi connectivity index (χ4v) is 5.32. The van der Waals surface area contributed by atoms with Gasteiger partial charge in [0.25, 0.3) is 0 Å². The fraction of sp³-hybridized carbons (Fsp3) is 0.400. The highest BCUT2D eigenvalue weighted by atomic mass is 16.7. The molecular weight excluding hydrogens is 412 g/mol. The van der Waals surface area contributed by atoms with Gasteiger partial charge in [0.2, 0.25) is 12.5 Å². The van der Waals surface area contributed by atoms with Crippen molar-refractivity contribution in [2.75, 3.05) is 34.7 Å². The number of cyclic esters (lactones) is 1. The zero-order valence-corrected chi connectivity index (χ0v) is 18.8. The Hall–Kier alpha value is -3.35. The van der Waals surface area contributed by atoms with Gasteiger partial charge in [-0.1, -0.05) is 5.57 Å². The molecule has 3 aliphatic rings. The average molecular weight is 438 g/mol. The molecule has 0 amide bonds. The van der Waals surface area contributed by atoms with Gasteiger partial charge in [0.05, 0.1) is 33.9 Å². The van der Waals surface area contributed by atoms with Crippen molar-refractivity contribution in [3.05, 3.63) is 46.5 Å². The van der Waals surface area contributed by atoms with E-state index in [1.165, 1.54) is 0 Å². The summed E-state index contributed by atoms with van der Waals surface area (Å²) < 4.78 is 33.6. The van der Waals surface area contributed by atoms with Crippen molar-refractivity contribution in [2.45, 2.75) is 19.8 Å². The summed E-state index contributed by atoms with van der Waals surface area (Å²) in [6, 6.07) is 7.85. The second kappa shape index (κ2) is 7.65. The summed E-state index contributed by atoms with van der Waals surface area (Å²) in [5.74, 6) is 2.11. The lowest BCUT2D eigenvalue weighted by Crippen LogP contribution is -2.31. The third kappa shape index (κ3) is 2.91. The van der Waals surface area contributed by atoms with E-state index in [4.69, 9.17) is 28.4 Å². The van der Waals surface area contributed by atoms with Crippen LogP contribution in [0.25, 0.3) is 5.57 Å². The summed E-state index contributed by atoms with van der Waals surface area (Å²) >= 11 is 0. The number of carbonyl (C=O) groups is 1. The van der Waals surface area contributed by atoms with Crippen LogP contribution in [-0.2, 0) is 9.53 Å². The first kappa shape index (κ1) is 20.5. The fourth-order valence-electron chi connectivity index (χ4n) is 5.32. The van der Waals surface area contributed by atoms with Crippen molar-refractivity contribution < 1.29 is 33.2 Å². The topological polar surface area (TPSA) is 72.5 Å². The van der Waals surface area contributed by atoms with Crippen LogP contribution in [-0.4, -0.2) is 40.7 Å². The minimum atomic E-state index is -0.365. The number of hydrogen-bond acceptors (Lipinski definition) is 7. The van der Waals surface area contributed by atoms with Crippen molar-refractivity contribution in [2.24, 2.45) is 11.8 Å². The number of ether oxygens (including phenoxy) is 6. The van der Waals surface area contributed by atoms with Gasteiger partial charge in [0, 0.05) is 11.8 Å². The Morgan fingerprint density at radius 3 is 2.16 bits per heavy atom. The number of esters is 1. The van der Waals surface area contributed by atoms with Gasteiger partial charge in [-0.15, -0.1) is 0 Å². The van der Waals surface area contributed by atoms with E-state index in [9.17, 15) is 4.79 Å². The van der Waals surface area contributed by atoms with Crippen molar-refractivity contribution in [3.63, 3.8) is 0 Å². The van der Waals surface area contributed by atoms with E-state index < -0.39 is 0 Å². The smallest absolute Gasteiger partial charge is 0.310 e. The standard InChI is InChI=1S/C25H26O7/c1-12(2)21-14-8-17-18(32-11-31-17)9-15(14)22(23-16(21)10-30-25(23)26)13-6-19(27-3)24(29-5)20(7-13)28-4/h6-9,16,22-23H,10-11H2,1-5H3/t16-,22-,23+/m1/s1. The molecule has 2 aromatic carbocycles. The van der Waals surface area contributed by atoms with Crippen molar-refractivity contribution >= 4 is 11.5 Å². The van der Waals surface area contributed by atoms with Crippen molar-refractivity contribution in [1.29, 1.82) is 0 Å². The summed E-state index contributed by atoms with van der Waals surface area (Å²) in [5, 5.41) is 0. The Labute approximate surface area is 186 Å². The van der Waals surface area contributed by atoms with E-state index in [1.807, 2.05) is 24.3 Å². The highest BCUT2D eigenvalue weighted by molar-refractivity contribution is 5.88. The van der Waals surface area contributed by atoms with Crippen LogP contribution in [0.4, 0.5) is 0 Å². The zero-order valence-electron chi connectivity index (χ0n) is 18.8. The first-order chi connectivity index (χ1) is 15.5. The van der Waals surface area contributed by atoms with Crippen LogP contribution >= 0.6 is 0 Å². The summed E-state index contributed by atoms with van der Waals surface area (Å²) in [6.45, 7) is 4.69. The molecule has 2 heterocycles. The van der Waals surface area contributed by atoms with Crippen molar-refractivity contribution in [3.8, 4) is 28.7 Å². The number of fused-ring (bicyclic) bond motifs is 3. The van der Waals surface area contributed by atoms with E-state index in [0.29, 0.717) is 29.6 Å². The van der Waals surface area contributed by atoms with Gasteiger partial charge in [0.1, 0.15) is 0 Å². The van der Waals surface area contributed by atoms with E-state index >= 15 is 0 Å². The highest BCUT2D eigenvalue weighted by Crippen LogP contribution is 2.56. The minimum absolute atomic E-state index is 0.0514. The molecule has 2 aromatic rings. The maximum Gasteiger partial charge on any atom is 0.310 e. The lowest BCUT2D eigenvalue weighted by atomic mass is 9.64. The molecule has 1 aliphatic carbocycles. The molecule has 5 rings (SSSR count). The molecule has 3 atom stereocenters. The first-order valence-electron chi connectivity index (χ1n) is 10.6. The Balaban J connectivity index is 1.79. The second-order valence-corrected chi connectivity index (χ2v) is 8.41. The third-order valence-corrected chi connectivity index (χ3v) is 6.60. The first-order valence-corrected chi connectivity index (χ1v) is 10.6. The summed E-state index contributed by atoms with van der Waals surface area (Å²) in [7, 11) is 4.74. The number of benzene rings is 2. The lowest BCUT2D eigenvalue weighted by molar-refractivity contribution is -0.141. The molecule has 7 nitrogen and oxygen atoms in total. The zero-order chi connectivity index (χ0) is 22.6. The van der Waals surface area contributed by atoms with Crippen LogP contribution in [0.3, 0.4) is 0 Å². The predicted molar refractivity (Wildman–Crippen MR) is 117 cm³/mol. The van der Waals surface area contributed by atoms with Gasteiger partial charge in [-0.2, -0.15) is 0 Å². The molecule has 1 saturated heterocycles. The third-order valence-electron chi connectivity index (χ3n) is 6.60. The SMILES string of the molecule is COc1cc([C@@H]2c3cc4c(cc3C(=C(C)C)[C@H]3COC(=O)[C@H]23)OCO4)cc(OC)c1OC. The normalized spacial score (nSPS) is 22.7. The molecule has 7 heteroatoms. The van der Waals surface area contributed by atoms with Gasteiger partial charge < -0.3 is 28.4 Å². The molecule has 0 radical (unpaired) electrons. The summed E-state index contributed by atoms with van der Waals surface area (Å²) in [5.41, 5.74) is 5.24. The molecule has 0 unspecified atom stereocenters. The molecule has 2 aliphatic heterocycles. The largest absolute Gasteiger partial charge is 0.493 e. The molecule has 0 bridgehead atoms. The van der Waals surface area contributed by atoms with Crippen molar-refractivity contribution in [1.82, 2.24) is 0 Å². The number of methoxy groups -OCH3 is 3. The maximum absolute atomic E-state index is 13.0. The molecule has 0 aromatic heterocycles. The molecule has 0 saturated carbocycles. The quantitative estimate of drug-likeness (QED) is 0.664. The molecular formula is C25H26O7. The number of allylic oxidation sites excluding steroid dienone is 1. The lowest BCUT2D eigenvalue weighted by Gasteiger charge is -2.36. The van der Waals surface area contributed by atoms with E-state index in [-0.39, 0.29) is 30.5 Å². The Kier molecular flexibility index (Phi) is 4.92. The minimum Gasteiger partial charge on any atom is -0.493 e. The van der Waals surface area contributed by atoms with Gasteiger partial charge in [0.15, 0.2) is 23.0 Å². The van der Waals surface area contributed by atoms with Gasteiger partial charge in [-0.05, 0) is 60.4 Å². The second-order valence-electron chi connectivity index (χ2n) is 8.41. The summed E-state index contributed by atoms with van der Waals surface area (Å²) in [4.78, 5) is 13.0. The van der Waals surface area contributed by atoms with Gasteiger partial charge in [-0.25, -0.2) is 0 Å². The van der Waals surface area contributed by atoms with Crippen LogP contribution in [0.2, 0.25) is 0 Å². The summed E-state index contributed by atoms with van der Waals surface area (Å²) in [6.07, 6.45) is 0. The monoisotopic (exact) mass is 438 g/mol. The van der Waals surface area contributed by atoms with Gasteiger partial charge >= 0.3 is 5.97 Å². The van der Waals surface area contributed by atoms with Crippen LogP contribution < -0.4 is 23.7 Å². The van der Waals surface area contributed by atoms with E-state index in [0.717, 1.165) is 33.6 Å². The van der Waals surface area contributed by atoms with Crippen LogP contribution in [0, 0.1) is 11.8 Å². The Morgan fingerprint density at radius 1 is 0.906 bits per heavy atom.